The van der Waals surface area contributed by atoms with Crippen molar-refractivity contribution >= 4 is 5.69 Å². The predicted molar refractivity (Wildman–Crippen MR) is 58.5 cm³/mol. The Labute approximate surface area is 89.3 Å². The van der Waals surface area contributed by atoms with Crippen molar-refractivity contribution in [3.05, 3.63) is 29.6 Å². The molecule has 1 atom stereocenters. The second-order valence-corrected chi connectivity index (χ2v) is 4.24. The number of nitrogens with zero attached hydrogens (tertiary/aromatic N) is 1. The molecular weight excluding hydrogens is 193 g/mol. The molecule has 1 aromatic rings. The van der Waals surface area contributed by atoms with Gasteiger partial charge >= 0.3 is 0 Å². The molecule has 0 radical (unpaired) electrons. The molecule has 82 valence electrons. The van der Waals surface area contributed by atoms with E-state index in [1.165, 1.54) is 6.07 Å². The van der Waals surface area contributed by atoms with E-state index in [1.54, 1.807) is 6.07 Å². The molecule has 0 aromatic heterocycles. The minimum atomic E-state index is -0.167. The van der Waals surface area contributed by atoms with E-state index in [1.807, 2.05) is 17.9 Å². The lowest BCUT2D eigenvalue weighted by Crippen LogP contribution is -2.21. The summed E-state index contributed by atoms with van der Waals surface area (Å²) in [6.45, 7) is 3.76. The molecule has 1 unspecified atom stereocenters. The zero-order valence-electron chi connectivity index (χ0n) is 8.91. The minimum Gasteiger partial charge on any atom is -0.396 e. The smallest absolute Gasteiger partial charge is 0.146 e. The molecule has 0 spiro atoms. The first-order valence-corrected chi connectivity index (χ1v) is 5.32. The Morgan fingerprint density at radius 2 is 2.33 bits per heavy atom. The topological polar surface area (TPSA) is 23.5 Å². The number of aliphatic hydroxyl groups is 1. The number of benzene rings is 1. The van der Waals surface area contributed by atoms with Gasteiger partial charge < -0.3 is 10.0 Å². The zero-order chi connectivity index (χ0) is 10.8. The molecule has 0 amide bonds. The van der Waals surface area contributed by atoms with E-state index in [9.17, 15) is 4.39 Å². The zero-order valence-corrected chi connectivity index (χ0v) is 8.91. The van der Waals surface area contributed by atoms with Crippen molar-refractivity contribution in [2.24, 2.45) is 5.92 Å². The predicted octanol–water partition coefficient (Wildman–Crippen LogP) is 1.95. The number of hydrogen-bond acceptors (Lipinski definition) is 2. The van der Waals surface area contributed by atoms with Gasteiger partial charge in [-0.3, -0.25) is 0 Å². The highest BCUT2D eigenvalue weighted by atomic mass is 19.1. The number of aryl methyl sites for hydroxylation is 1. The van der Waals surface area contributed by atoms with Gasteiger partial charge in [0, 0.05) is 25.6 Å². The van der Waals surface area contributed by atoms with E-state index in [2.05, 4.69) is 0 Å². The van der Waals surface area contributed by atoms with Gasteiger partial charge in [-0.2, -0.15) is 0 Å². The summed E-state index contributed by atoms with van der Waals surface area (Å²) in [6.07, 6.45) is 0.948. The van der Waals surface area contributed by atoms with E-state index in [4.69, 9.17) is 5.11 Å². The molecule has 0 bridgehead atoms. The van der Waals surface area contributed by atoms with Gasteiger partial charge in [0.05, 0.1) is 5.69 Å². The Balaban J connectivity index is 2.19. The van der Waals surface area contributed by atoms with Crippen LogP contribution in [0.2, 0.25) is 0 Å². The lowest BCUT2D eigenvalue weighted by Gasteiger charge is -2.19. The van der Waals surface area contributed by atoms with Crippen LogP contribution in [-0.4, -0.2) is 24.8 Å². The summed E-state index contributed by atoms with van der Waals surface area (Å²) in [7, 11) is 0. The van der Waals surface area contributed by atoms with Crippen LogP contribution in [-0.2, 0) is 0 Å². The van der Waals surface area contributed by atoms with Gasteiger partial charge in [0.1, 0.15) is 5.82 Å². The Morgan fingerprint density at radius 3 is 3.00 bits per heavy atom. The summed E-state index contributed by atoms with van der Waals surface area (Å²) in [6, 6.07) is 5.16. The van der Waals surface area contributed by atoms with E-state index in [0.717, 1.165) is 25.1 Å². The van der Waals surface area contributed by atoms with Crippen molar-refractivity contribution in [2.75, 3.05) is 24.6 Å². The van der Waals surface area contributed by atoms with Gasteiger partial charge in [0.25, 0.3) is 0 Å². The van der Waals surface area contributed by atoms with Crippen molar-refractivity contribution in [3.63, 3.8) is 0 Å². The molecule has 0 saturated carbocycles. The summed E-state index contributed by atoms with van der Waals surface area (Å²) >= 11 is 0. The van der Waals surface area contributed by atoms with E-state index >= 15 is 0 Å². The number of rotatable bonds is 2. The standard InChI is InChI=1S/C12H16FNO/c1-9-2-3-11(13)12(6-9)14-5-4-10(7-14)8-15/h2-3,6,10,15H,4-5,7-8H2,1H3. The Bertz CT molecular complexity index is 353. The van der Waals surface area contributed by atoms with Gasteiger partial charge in [-0.25, -0.2) is 4.39 Å². The van der Waals surface area contributed by atoms with Crippen molar-refractivity contribution in [2.45, 2.75) is 13.3 Å². The maximum absolute atomic E-state index is 13.5. The molecule has 15 heavy (non-hydrogen) atoms. The molecule has 2 rings (SSSR count). The van der Waals surface area contributed by atoms with Crippen molar-refractivity contribution < 1.29 is 9.50 Å². The number of aliphatic hydroxyl groups excluding tert-OH is 1. The van der Waals surface area contributed by atoms with Crippen LogP contribution in [0.4, 0.5) is 10.1 Å². The van der Waals surface area contributed by atoms with Crippen LogP contribution in [0, 0.1) is 18.7 Å². The maximum Gasteiger partial charge on any atom is 0.146 e. The molecule has 1 heterocycles. The minimum absolute atomic E-state index is 0.167. The third-order valence-electron chi connectivity index (χ3n) is 2.99. The van der Waals surface area contributed by atoms with Gasteiger partial charge in [0.2, 0.25) is 0 Å². The molecule has 1 saturated heterocycles. The van der Waals surface area contributed by atoms with Crippen LogP contribution in [0.3, 0.4) is 0 Å². The van der Waals surface area contributed by atoms with Crippen molar-refractivity contribution in [3.8, 4) is 0 Å². The third kappa shape index (κ3) is 2.12. The van der Waals surface area contributed by atoms with Crippen LogP contribution in [0.25, 0.3) is 0 Å². The molecule has 1 aliphatic heterocycles. The highest BCUT2D eigenvalue weighted by molar-refractivity contribution is 5.50. The fourth-order valence-corrected chi connectivity index (χ4v) is 2.07. The summed E-state index contributed by atoms with van der Waals surface area (Å²) in [5.41, 5.74) is 1.74. The Morgan fingerprint density at radius 1 is 1.53 bits per heavy atom. The average Bonchev–Trinajstić information content (AvgIpc) is 2.70. The van der Waals surface area contributed by atoms with E-state index in [-0.39, 0.29) is 12.4 Å². The third-order valence-corrected chi connectivity index (χ3v) is 2.99. The first-order valence-electron chi connectivity index (χ1n) is 5.32. The molecule has 1 N–H and O–H groups in total. The monoisotopic (exact) mass is 209 g/mol. The summed E-state index contributed by atoms with van der Waals surface area (Å²) in [5.74, 6) is 0.129. The fourth-order valence-electron chi connectivity index (χ4n) is 2.07. The Kier molecular flexibility index (Phi) is 2.91. The van der Waals surface area contributed by atoms with Gasteiger partial charge in [0.15, 0.2) is 0 Å². The molecule has 3 heteroatoms. The average molecular weight is 209 g/mol. The van der Waals surface area contributed by atoms with E-state index < -0.39 is 0 Å². The second-order valence-electron chi connectivity index (χ2n) is 4.24. The summed E-state index contributed by atoms with van der Waals surface area (Å²) < 4.78 is 13.5. The first kappa shape index (κ1) is 10.4. The highest BCUT2D eigenvalue weighted by Crippen LogP contribution is 2.26. The van der Waals surface area contributed by atoms with Gasteiger partial charge in [-0.1, -0.05) is 6.07 Å². The summed E-state index contributed by atoms with van der Waals surface area (Å²) in [4.78, 5) is 2.02. The first-order chi connectivity index (χ1) is 7.20. The van der Waals surface area contributed by atoms with E-state index in [0.29, 0.717) is 11.6 Å². The van der Waals surface area contributed by atoms with Gasteiger partial charge in [-0.15, -0.1) is 0 Å². The van der Waals surface area contributed by atoms with Crippen LogP contribution >= 0.6 is 0 Å². The van der Waals surface area contributed by atoms with Crippen molar-refractivity contribution in [1.29, 1.82) is 0 Å². The molecule has 2 nitrogen and oxygen atoms in total. The van der Waals surface area contributed by atoms with Crippen LogP contribution < -0.4 is 4.90 Å². The van der Waals surface area contributed by atoms with Crippen LogP contribution in [0.1, 0.15) is 12.0 Å². The molecule has 1 fully saturated rings. The molecule has 1 aliphatic rings. The lowest BCUT2D eigenvalue weighted by molar-refractivity contribution is 0.238. The molecule has 0 aliphatic carbocycles. The largest absolute Gasteiger partial charge is 0.396 e. The molecular formula is C12H16FNO. The quantitative estimate of drug-likeness (QED) is 0.804. The Hall–Kier alpha value is -1.09. The SMILES string of the molecule is Cc1ccc(F)c(N2CCC(CO)C2)c1. The normalized spacial score (nSPS) is 21.0. The van der Waals surface area contributed by atoms with Crippen molar-refractivity contribution in [1.82, 2.24) is 0 Å². The summed E-state index contributed by atoms with van der Waals surface area (Å²) in [5, 5.41) is 9.03. The highest BCUT2D eigenvalue weighted by Gasteiger charge is 2.23. The molecule has 1 aromatic carbocycles. The lowest BCUT2D eigenvalue weighted by atomic mass is 10.1. The maximum atomic E-state index is 13.5. The fraction of sp³-hybridized carbons (Fsp3) is 0.500. The second kappa shape index (κ2) is 4.19. The number of hydrogen-bond donors (Lipinski definition) is 1. The number of halogens is 1. The van der Waals surface area contributed by atoms with Crippen LogP contribution in [0.5, 0.6) is 0 Å². The van der Waals surface area contributed by atoms with Gasteiger partial charge in [-0.05, 0) is 31.0 Å². The van der Waals surface area contributed by atoms with Crippen LogP contribution in [0.15, 0.2) is 18.2 Å². The number of anilines is 1.